The number of hydrogen-bond donors (Lipinski definition) is 1. The quantitative estimate of drug-likeness (QED) is 0.541. The van der Waals surface area contributed by atoms with Crippen LogP contribution in [-0.2, 0) is 9.59 Å². The van der Waals surface area contributed by atoms with Crippen LogP contribution >= 0.6 is 11.8 Å². The Kier molecular flexibility index (Phi) is 6.79. The van der Waals surface area contributed by atoms with Crippen molar-refractivity contribution in [1.29, 1.82) is 0 Å². The van der Waals surface area contributed by atoms with Crippen molar-refractivity contribution in [3.05, 3.63) is 42.7 Å². The van der Waals surface area contributed by atoms with Crippen molar-refractivity contribution in [2.24, 2.45) is 5.92 Å². The molecule has 1 aliphatic rings. The van der Waals surface area contributed by atoms with E-state index >= 15 is 0 Å². The third kappa shape index (κ3) is 5.31. The Morgan fingerprint density at radius 2 is 1.84 bits per heavy atom. The lowest BCUT2D eigenvalue weighted by atomic mass is 10.1. The second-order valence-electron chi connectivity index (χ2n) is 7.70. The largest absolute Gasteiger partial charge is 0.459 e. The van der Waals surface area contributed by atoms with E-state index in [4.69, 9.17) is 8.83 Å². The van der Waals surface area contributed by atoms with E-state index in [9.17, 15) is 9.59 Å². The zero-order valence-corrected chi connectivity index (χ0v) is 18.8. The number of aromatic nitrogens is 2. The zero-order chi connectivity index (χ0) is 22.5. The summed E-state index contributed by atoms with van der Waals surface area (Å²) in [7, 11) is 0. The second-order valence-corrected chi connectivity index (χ2v) is 8.63. The Bertz CT molecular complexity index is 1040. The van der Waals surface area contributed by atoms with Gasteiger partial charge in [-0.25, -0.2) is 0 Å². The molecule has 1 aliphatic heterocycles. The summed E-state index contributed by atoms with van der Waals surface area (Å²) in [5, 5.41) is 11.0. The number of carbonyl (C=O) groups is 2. The lowest BCUT2D eigenvalue weighted by molar-refractivity contribution is -0.134. The molecule has 3 aromatic rings. The fourth-order valence-corrected chi connectivity index (χ4v) is 3.96. The SMILES string of the molecule is CC(C)C(=O)N1CCN(c2ccc(NC(=O)CSc3nnc(-c4ccco4)o3)cc2)CC1. The van der Waals surface area contributed by atoms with Gasteiger partial charge >= 0.3 is 0 Å². The van der Waals surface area contributed by atoms with Crippen LogP contribution in [0.15, 0.2) is 56.7 Å². The van der Waals surface area contributed by atoms with Crippen LogP contribution in [0.4, 0.5) is 11.4 Å². The maximum atomic E-state index is 12.3. The minimum atomic E-state index is -0.165. The molecule has 0 atom stereocenters. The third-order valence-corrected chi connectivity index (χ3v) is 5.89. The van der Waals surface area contributed by atoms with Gasteiger partial charge in [0.15, 0.2) is 5.76 Å². The first-order valence-corrected chi connectivity index (χ1v) is 11.4. The number of piperazine rings is 1. The monoisotopic (exact) mass is 455 g/mol. The fourth-order valence-electron chi connectivity index (χ4n) is 3.40. The number of amides is 2. The van der Waals surface area contributed by atoms with E-state index in [0.717, 1.165) is 49.3 Å². The molecule has 3 heterocycles. The summed E-state index contributed by atoms with van der Waals surface area (Å²) >= 11 is 1.16. The summed E-state index contributed by atoms with van der Waals surface area (Å²) in [6.45, 7) is 6.91. The molecule has 32 heavy (non-hydrogen) atoms. The van der Waals surface area contributed by atoms with Gasteiger partial charge in [0.05, 0.1) is 12.0 Å². The van der Waals surface area contributed by atoms with Gasteiger partial charge in [0.2, 0.25) is 11.8 Å². The molecule has 0 saturated carbocycles. The second kappa shape index (κ2) is 9.90. The van der Waals surface area contributed by atoms with Crippen molar-refractivity contribution in [2.45, 2.75) is 19.1 Å². The van der Waals surface area contributed by atoms with Crippen LogP contribution in [-0.4, -0.2) is 58.8 Å². The van der Waals surface area contributed by atoms with Crippen molar-refractivity contribution in [2.75, 3.05) is 42.1 Å². The molecule has 0 spiro atoms. The van der Waals surface area contributed by atoms with E-state index in [1.165, 1.54) is 6.26 Å². The molecule has 0 radical (unpaired) electrons. The molecule has 9 nitrogen and oxygen atoms in total. The maximum Gasteiger partial charge on any atom is 0.284 e. The molecular formula is C22H25N5O4S. The van der Waals surface area contributed by atoms with Crippen LogP contribution in [0, 0.1) is 5.92 Å². The number of anilines is 2. The van der Waals surface area contributed by atoms with Gasteiger partial charge in [-0.3, -0.25) is 9.59 Å². The lowest BCUT2D eigenvalue weighted by Gasteiger charge is -2.37. The van der Waals surface area contributed by atoms with E-state index in [1.807, 2.05) is 43.0 Å². The van der Waals surface area contributed by atoms with Gasteiger partial charge in [-0.15, -0.1) is 10.2 Å². The molecule has 1 aromatic carbocycles. The first-order valence-electron chi connectivity index (χ1n) is 10.4. The van der Waals surface area contributed by atoms with Gasteiger partial charge in [-0.1, -0.05) is 25.6 Å². The van der Waals surface area contributed by atoms with Crippen LogP contribution in [0.2, 0.25) is 0 Å². The number of furan rings is 1. The summed E-state index contributed by atoms with van der Waals surface area (Å²) < 4.78 is 10.7. The molecule has 10 heteroatoms. The highest BCUT2D eigenvalue weighted by Crippen LogP contribution is 2.24. The number of rotatable bonds is 7. The van der Waals surface area contributed by atoms with Gasteiger partial charge in [0, 0.05) is 43.5 Å². The normalized spacial score (nSPS) is 14.1. The fraction of sp³-hybridized carbons (Fsp3) is 0.364. The number of hydrogen-bond acceptors (Lipinski definition) is 8. The predicted octanol–water partition coefficient (Wildman–Crippen LogP) is 3.37. The van der Waals surface area contributed by atoms with Gasteiger partial charge in [0.1, 0.15) is 0 Å². The first kappa shape index (κ1) is 21.9. The Hall–Kier alpha value is -3.27. The highest BCUT2D eigenvalue weighted by Gasteiger charge is 2.23. The van der Waals surface area contributed by atoms with E-state index in [1.54, 1.807) is 12.1 Å². The maximum absolute atomic E-state index is 12.3. The summed E-state index contributed by atoms with van der Waals surface area (Å²) in [5.74, 6) is 0.984. The highest BCUT2D eigenvalue weighted by molar-refractivity contribution is 7.99. The summed E-state index contributed by atoms with van der Waals surface area (Å²) in [6, 6.07) is 11.2. The summed E-state index contributed by atoms with van der Waals surface area (Å²) in [5.41, 5.74) is 1.79. The molecule has 1 saturated heterocycles. The minimum absolute atomic E-state index is 0.0282. The van der Waals surface area contributed by atoms with Crippen molar-refractivity contribution >= 4 is 35.0 Å². The summed E-state index contributed by atoms with van der Waals surface area (Å²) in [4.78, 5) is 28.6. The third-order valence-electron chi connectivity index (χ3n) is 5.07. The number of thioether (sulfide) groups is 1. The highest BCUT2D eigenvalue weighted by atomic mass is 32.2. The van der Waals surface area contributed by atoms with E-state index in [-0.39, 0.29) is 29.4 Å². The van der Waals surface area contributed by atoms with Crippen molar-refractivity contribution in [3.8, 4) is 11.7 Å². The van der Waals surface area contributed by atoms with Crippen LogP contribution in [0.5, 0.6) is 0 Å². The minimum Gasteiger partial charge on any atom is -0.459 e. The smallest absolute Gasteiger partial charge is 0.284 e. The Morgan fingerprint density at radius 1 is 1.09 bits per heavy atom. The van der Waals surface area contributed by atoms with E-state index in [2.05, 4.69) is 20.4 Å². The summed E-state index contributed by atoms with van der Waals surface area (Å²) in [6.07, 6.45) is 1.53. The Balaban J connectivity index is 1.24. The zero-order valence-electron chi connectivity index (χ0n) is 18.0. The van der Waals surface area contributed by atoms with Crippen molar-refractivity contribution < 1.29 is 18.4 Å². The predicted molar refractivity (Wildman–Crippen MR) is 121 cm³/mol. The Labute approximate surface area is 190 Å². The molecule has 4 rings (SSSR count). The average molecular weight is 456 g/mol. The Morgan fingerprint density at radius 3 is 2.50 bits per heavy atom. The standard InChI is InChI=1S/C22H25N5O4S/c1-15(2)21(29)27-11-9-26(10-12-27)17-7-5-16(6-8-17)23-19(28)14-32-22-25-24-20(31-22)18-4-3-13-30-18/h3-8,13,15H,9-12,14H2,1-2H3,(H,23,28). The van der Waals surface area contributed by atoms with E-state index in [0.29, 0.717) is 11.0 Å². The molecule has 2 aromatic heterocycles. The van der Waals surface area contributed by atoms with Gasteiger partial charge in [-0.2, -0.15) is 0 Å². The molecule has 0 aliphatic carbocycles. The molecule has 2 amide bonds. The van der Waals surface area contributed by atoms with Crippen LogP contribution < -0.4 is 10.2 Å². The number of nitrogens with zero attached hydrogens (tertiary/aromatic N) is 4. The molecule has 1 N–H and O–H groups in total. The molecular weight excluding hydrogens is 430 g/mol. The first-order chi connectivity index (χ1) is 15.5. The van der Waals surface area contributed by atoms with Crippen molar-refractivity contribution in [1.82, 2.24) is 15.1 Å². The molecule has 0 unspecified atom stereocenters. The molecule has 1 fully saturated rings. The molecule has 168 valence electrons. The van der Waals surface area contributed by atoms with Gasteiger partial charge < -0.3 is 24.0 Å². The van der Waals surface area contributed by atoms with E-state index < -0.39 is 0 Å². The lowest BCUT2D eigenvalue weighted by Crippen LogP contribution is -2.49. The number of benzene rings is 1. The molecule has 0 bridgehead atoms. The number of carbonyl (C=O) groups excluding carboxylic acids is 2. The topological polar surface area (TPSA) is 105 Å². The van der Waals surface area contributed by atoms with Gasteiger partial charge in [-0.05, 0) is 36.4 Å². The number of nitrogens with one attached hydrogen (secondary N) is 1. The van der Waals surface area contributed by atoms with Crippen molar-refractivity contribution in [3.63, 3.8) is 0 Å². The van der Waals surface area contributed by atoms with Crippen LogP contribution in [0.25, 0.3) is 11.7 Å². The van der Waals surface area contributed by atoms with Crippen LogP contribution in [0.3, 0.4) is 0 Å². The van der Waals surface area contributed by atoms with Gasteiger partial charge in [0.25, 0.3) is 11.1 Å². The van der Waals surface area contributed by atoms with Crippen LogP contribution in [0.1, 0.15) is 13.8 Å². The average Bonchev–Trinajstić information content (AvgIpc) is 3.50.